The smallest absolute Gasteiger partial charge is 0.253 e. The zero-order chi connectivity index (χ0) is 15.3. The van der Waals surface area contributed by atoms with E-state index in [-0.39, 0.29) is 11.4 Å². The van der Waals surface area contributed by atoms with E-state index in [9.17, 15) is 4.79 Å². The summed E-state index contributed by atoms with van der Waals surface area (Å²) >= 11 is 0. The fourth-order valence-corrected chi connectivity index (χ4v) is 2.79. The lowest BCUT2D eigenvalue weighted by Gasteiger charge is -2.29. The topological polar surface area (TPSA) is 76.1 Å². The number of carbonyl (C=O) groups is 1. The Morgan fingerprint density at radius 2 is 2.33 bits per heavy atom. The SMILES string of the molecule is CCc1nnc(C)cc1C(=O)NCC1(COC)CCCN1. The van der Waals surface area contributed by atoms with Crippen molar-refractivity contribution in [3.63, 3.8) is 0 Å². The Hall–Kier alpha value is -1.53. The van der Waals surface area contributed by atoms with Crippen LogP contribution in [0.1, 0.15) is 41.5 Å². The molecule has 1 amide bonds. The zero-order valence-electron chi connectivity index (χ0n) is 13.0. The highest BCUT2D eigenvalue weighted by molar-refractivity contribution is 5.95. The number of aryl methyl sites for hydroxylation is 2. The van der Waals surface area contributed by atoms with E-state index in [0.29, 0.717) is 25.1 Å². The van der Waals surface area contributed by atoms with E-state index >= 15 is 0 Å². The lowest BCUT2D eigenvalue weighted by atomic mass is 9.98. The Labute approximate surface area is 125 Å². The third-order valence-electron chi connectivity index (χ3n) is 3.91. The molecule has 1 aromatic rings. The maximum absolute atomic E-state index is 12.4. The number of rotatable bonds is 6. The van der Waals surface area contributed by atoms with E-state index in [1.165, 1.54) is 0 Å². The summed E-state index contributed by atoms with van der Waals surface area (Å²) in [5.41, 5.74) is 1.96. The molecule has 1 aliphatic heterocycles. The molecule has 2 N–H and O–H groups in total. The lowest BCUT2D eigenvalue weighted by molar-refractivity contribution is 0.0890. The number of methoxy groups -OCH3 is 1. The van der Waals surface area contributed by atoms with Crippen LogP contribution in [0.2, 0.25) is 0 Å². The zero-order valence-corrected chi connectivity index (χ0v) is 13.0. The van der Waals surface area contributed by atoms with E-state index < -0.39 is 0 Å². The molecule has 21 heavy (non-hydrogen) atoms. The molecule has 0 saturated carbocycles. The van der Waals surface area contributed by atoms with E-state index in [2.05, 4.69) is 20.8 Å². The largest absolute Gasteiger partial charge is 0.383 e. The van der Waals surface area contributed by atoms with Gasteiger partial charge in [-0.1, -0.05) is 6.92 Å². The summed E-state index contributed by atoms with van der Waals surface area (Å²) < 4.78 is 5.29. The van der Waals surface area contributed by atoms with Crippen molar-refractivity contribution < 1.29 is 9.53 Å². The molecule has 0 radical (unpaired) electrons. The monoisotopic (exact) mass is 292 g/mol. The molecule has 6 heteroatoms. The minimum Gasteiger partial charge on any atom is -0.383 e. The van der Waals surface area contributed by atoms with Crippen LogP contribution in [-0.4, -0.2) is 48.4 Å². The quantitative estimate of drug-likeness (QED) is 0.813. The summed E-state index contributed by atoms with van der Waals surface area (Å²) in [6.45, 7) is 5.94. The van der Waals surface area contributed by atoms with Gasteiger partial charge in [0.1, 0.15) is 0 Å². The van der Waals surface area contributed by atoms with E-state index in [1.54, 1.807) is 13.2 Å². The first-order valence-corrected chi connectivity index (χ1v) is 7.45. The van der Waals surface area contributed by atoms with Gasteiger partial charge in [0.25, 0.3) is 5.91 Å². The van der Waals surface area contributed by atoms with Gasteiger partial charge in [-0.2, -0.15) is 10.2 Å². The molecule has 0 spiro atoms. The van der Waals surface area contributed by atoms with E-state index in [0.717, 1.165) is 30.8 Å². The second-order valence-electron chi connectivity index (χ2n) is 5.63. The van der Waals surface area contributed by atoms with Crippen LogP contribution in [0.4, 0.5) is 0 Å². The summed E-state index contributed by atoms with van der Waals surface area (Å²) in [4.78, 5) is 12.4. The molecular weight excluding hydrogens is 268 g/mol. The third kappa shape index (κ3) is 3.77. The molecule has 116 valence electrons. The fraction of sp³-hybridized carbons (Fsp3) is 0.667. The molecular formula is C15H24N4O2. The molecule has 0 aliphatic carbocycles. The second-order valence-corrected chi connectivity index (χ2v) is 5.63. The van der Waals surface area contributed by atoms with Gasteiger partial charge in [0.2, 0.25) is 0 Å². The summed E-state index contributed by atoms with van der Waals surface area (Å²) in [6, 6.07) is 1.80. The Balaban J connectivity index is 2.06. The van der Waals surface area contributed by atoms with E-state index in [4.69, 9.17) is 4.74 Å². The molecule has 1 fully saturated rings. The first kappa shape index (κ1) is 15.9. The molecule has 1 aromatic heterocycles. The summed E-state index contributed by atoms with van der Waals surface area (Å²) in [5.74, 6) is -0.0889. The summed E-state index contributed by atoms with van der Waals surface area (Å²) in [5, 5.41) is 14.6. The average Bonchev–Trinajstić information content (AvgIpc) is 2.94. The van der Waals surface area contributed by atoms with Gasteiger partial charge in [0, 0.05) is 13.7 Å². The number of aromatic nitrogens is 2. The normalized spacial score (nSPS) is 21.5. The number of nitrogens with zero attached hydrogens (tertiary/aromatic N) is 2. The van der Waals surface area contributed by atoms with Crippen LogP contribution in [0, 0.1) is 6.92 Å². The van der Waals surface area contributed by atoms with Gasteiger partial charge < -0.3 is 15.4 Å². The Bertz CT molecular complexity index is 498. The molecule has 2 rings (SSSR count). The predicted molar refractivity (Wildman–Crippen MR) is 80.3 cm³/mol. The Morgan fingerprint density at radius 1 is 1.52 bits per heavy atom. The Morgan fingerprint density at radius 3 is 2.95 bits per heavy atom. The van der Waals surface area contributed by atoms with Crippen LogP contribution in [0.5, 0.6) is 0 Å². The van der Waals surface area contributed by atoms with Crippen LogP contribution in [0.3, 0.4) is 0 Å². The highest BCUT2D eigenvalue weighted by Crippen LogP contribution is 2.19. The van der Waals surface area contributed by atoms with Crippen LogP contribution >= 0.6 is 0 Å². The molecule has 2 heterocycles. The maximum atomic E-state index is 12.4. The first-order valence-electron chi connectivity index (χ1n) is 7.45. The minimum atomic E-state index is -0.147. The number of amides is 1. The van der Waals surface area contributed by atoms with Crippen LogP contribution in [0.25, 0.3) is 0 Å². The first-order chi connectivity index (χ1) is 10.1. The van der Waals surface area contributed by atoms with Crippen LogP contribution < -0.4 is 10.6 Å². The van der Waals surface area contributed by atoms with Crippen molar-refractivity contribution in [2.75, 3.05) is 26.8 Å². The van der Waals surface area contributed by atoms with Crippen LogP contribution in [0.15, 0.2) is 6.07 Å². The van der Waals surface area contributed by atoms with Gasteiger partial charge in [-0.3, -0.25) is 4.79 Å². The number of ether oxygens (including phenoxy) is 1. The number of carbonyl (C=O) groups excluding carboxylic acids is 1. The second kappa shape index (κ2) is 6.95. The van der Waals surface area contributed by atoms with Crippen molar-refractivity contribution in [2.45, 2.75) is 38.6 Å². The highest BCUT2D eigenvalue weighted by Gasteiger charge is 2.34. The molecule has 1 unspecified atom stereocenters. The van der Waals surface area contributed by atoms with Gasteiger partial charge >= 0.3 is 0 Å². The molecule has 6 nitrogen and oxygen atoms in total. The molecule has 1 atom stereocenters. The molecule has 0 bridgehead atoms. The summed E-state index contributed by atoms with van der Waals surface area (Å²) in [6.07, 6.45) is 2.81. The van der Waals surface area contributed by atoms with Crippen molar-refractivity contribution in [3.8, 4) is 0 Å². The van der Waals surface area contributed by atoms with Crippen molar-refractivity contribution >= 4 is 5.91 Å². The van der Waals surface area contributed by atoms with Gasteiger partial charge in [0.15, 0.2) is 0 Å². The van der Waals surface area contributed by atoms with E-state index in [1.807, 2.05) is 13.8 Å². The van der Waals surface area contributed by atoms with Crippen LogP contribution in [-0.2, 0) is 11.2 Å². The van der Waals surface area contributed by atoms with Gasteiger partial charge in [0.05, 0.1) is 29.1 Å². The fourth-order valence-electron chi connectivity index (χ4n) is 2.79. The minimum absolute atomic E-state index is 0.0889. The van der Waals surface area contributed by atoms with Gasteiger partial charge in [-0.25, -0.2) is 0 Å². The highest BCUT2D eigenvalue weighted by atomic mass is 16.5. The van der Waals surface area contributed by atoms with Gasteiger partial charge in [-0.15, -0.1) is 0 Å². The molecule has 0 aromatic carbocycles. The maximum Gasteiger partial charge on any atom is 0.253 e. The predicted octanol–water partition coefficient (Wildman–Crippen LogP) is 0.846. The van der Waals surface area contributed by atoms with Crippen molar-refractivity contribution in [1.82, 2.24) is 20.8 Å². The standard InChI is InChI=1S/C15H24N4O2/c1-4-13-12(8-11(2)18-19-13)14(20)16-9-15(10-21-3)6-5-7-17-15/h8,17H,4-7,9-10H2,1-3H3,(H,16,20). The number of nitrogens with one attached hydrogen (secondary N) is 2. The van der Waals surface area contributed by atoms with Crippen molar-refractivity contribution in [1.29, 1.82) is 0 Å². The number of hydrogen-bond donors (Lipinski definition) is 2. The number of hydrogen-bond acceptors (Lipinski definition) is 5. The Kier molecular flexibility index (Phi) is 5.25. The van der Waals surface area contributed by atoms with Crippen molar-refractivity contribution in [2.24, 2.45) is 0 Å². The molecule has 1 aliphatic rings. The van der Waals surface area contributed by atoms with Crippen molar-refractivity contribution in [3.05, 3.63) is 23.0 Å². The van der Waals surface area contributed by atoms with Gasteiger partial charge in [-0.05, 0) is 38.8 Å². The average molecular weight is 292 g/mol. The summed E-state index contributed by atoms with van der Waals surface area (Å²) in [7, 11) is 1.69. The third-order valence-corrected chi connectivity index (χ3v) is 3.91. The lowest BCUT2D eigenvalue weighted by Crippen LogP contribution is -2.53. The molecule has 1 saturated heterocycles.